The van der Waals surface area contributed by atoms with Crippen molar-refractivity contribution in [3.8, 4) is 16.9 Å². The van der Waals surface area contributed by atoms with Crippen molar-refractivity contribution in [2.45, 2.75) is 0 Å². The molecule has 0 aliphatic carbocycles. The average Bonchev–Trinajstić information content (AvgIpc) is 2.86. The number of nitrogens with zero attached hydrogens (tertiary/aromatic N) is 2. The molecule has 4 heteroatoms. The first-order valence-corrected chi connectivity index (χ1v) is 5.33. The van der Waals surface area contributed by atoms with Crippen LogP contribution < -0.4 is 4.74 Å². The molecule has 3 rings (SSSR count). The summed E-state index contributed by atoms with van der Waals surface area (Å²) >= 11 is 0. The van der Waals surface area contributed by atoms with Crippen LogP contribution >= 0.6 is 0 Å². The van der Waals surface area contributed by atoms with Gasteiger partial charge in [0, 0.05) is 11.1 Å². The number of fused-ring (bicyclic) bond motifs is 1. The summed E-state index contributed by atoms with van der Waals surface area (Å²) in [7, 11) is 1.67. The van der Waals surface area contributed by atoms with Gasteiger partial charge in [0.25, 0.3) is 0 Å². The van der Waals surface area contributed by atoms with Crippen molar-refractivity contribution in [3.05, 3.63) is 42.5 Å². The number of rotatable bonds is 2. The zero-order valence-electron chi connectivity index (χ0n) is 9.34. The number of benzene rings is 2. The van der Waals surface area contributed by atoms with Crippen molar-refractivity contribution < 1.29 is 4.74 Å². The van der Waals surface area contributed by atoms with E-state index in [1.165, 1.54) is 0 Å². The number of aromatic amines is 1. The Balaban J connectivity index is 2.30. The molecule has 0 unspecified atom stereocenters. The molecule has 3 aromatic rings. The van der Waals surface area contributed by atoms with E-state index in [-0.39, 0.29) is 0 Å². The molecular weight excluding hydrogens is 214 g/mol. The minimum Gasteiger partial charge on any atom is -0.496 e. The predicted molar refractivity (Wildman–Crippen MR) is 65.9 cm³/mol. The maximum absolute atomic E-state index is 5.37. The Labute approximate surface area is 98.2 Å². The zero-order valence-corrected chi connectivity index (χ0v) is 9.34. The Morgan fingerprint density at radius 3 is 2.65 bits per heavy atom. The van der Waals surface area contributed by atoms with E-state index >= 15 is 0 Å². The smallest absolute Gasteiger partial charge is 0.126 e. The number of methoxy groups -OCH3 is 1. The molecule has 0 amide bonds. The Hall–Kier alpha value is -2.36. The van der Waals surface area contributed by atoms with Crippen molar-refractivity contribution in [2.75, 3.05) is 7.11 Å². The molecule has 4 nitrogen and oxygen atoms in total. The third-order valence-electron chi connectivity index (χ3n) is 2.74. The van der Waals surface area contributed by atoms with Gasteiger partial charge in [-0.05, 0) is 12.1 Å². The van der Waals surface area contributed by atoms with Crippen LogP contribution in [0.25, 0.3) is 22.2 Å². The van der Waals surface area contributed by atoms with E-state index in [1.54, 1.807) is 7.11 Å². The lowest BCUT2D eigenvalue weighted by atomic mass is 10.0. The molecule has 84 valence electrons. The second kappa shape index (κ2) is 3.90. The van der Waals surface area contributed by atoms with Crippen LogP contribution in [0.15, 0.2) is 42.5 Å². The molecule has 0 fully saturated rings. The standard InChI is InChI=1S/C13H11N3O/c1-17-12-8-3-2-5-9(12)10-6-4-7-11-13(10)15-16-14-11/h2-8H,1H3,(H,14,15,16). The number of hydrogen-bond donors (Lipinski definition) is 1. The summed E-state index contributed by atoms with van der Waals surface area (Å²) in [4.78, 5) is 0. The summed E-state index contributed by atoms with van der Waals surface area (Å²) in [6, 6.07) is 13.8. The van der Waals surface area contributed by atoms with E-state index in [1.807, 2.05) is 42.5 Å². The van der Waals surface area contributed by atoms with Crippen LogP contribution in [0.1, 0.15) is 0 Å². The minimum absolute atomic E-state index is 0.836. The fourth-order valence-corrected chi connectivity index (χ4v) is 1.95. The van der Waals surface area contributed by atoms with Gasteiger partial charge in [-0.15, -0.1) is 0 Å². The largest absolute Gasteiger partial charge is 0.496 e. The highest BCUT2D eigenvalue weighted by Crippen LogP contribution is 2.32. The van der Waals surface area contributed by atoms with Gasteiger partial charge < -0.3 is 4.74 Å². The molecule has 0 saturated carbocycles. The molecule has 0 atom stereocenters. The van der Waals surface area contributed by atoms with Gasteiger partial charge in [0.15, 0.2) is 0 Å². The van der Waals surface area contributed by atoms with Crippen LogP contribution in [0.4, 0.5) is 0 Å². The highest BCUT2D eigenvalue weighted by Gasteiger charge is 2.10. The molecule has 2 aromatic carbocycles. The number of H-pyrrole nitrogens is 1. The highest BCUT2D eigenvalue weighted by molar-refractivity contribution is 5.92. The highest BCUT2D eigenvalue weighted by atomic mass is 16.5. The normalized spacial score (nSPS) is 10.6. The van der Waals surface area contributed by atoms with E-state index in [4.69, 9.17) is 4.74 Å². The summed E-state index contributed by atoms with van der Waals surface area (Å²) in [5.41, 5.74) is 3.76. The van der Waals surface area contributed by atoms with Gasteiger partial charge >= 0.3 is 0 Å². The van der Waals surface area contributed by atoms with E-state index in [0.29, 0.717) is 0 Å². The lowest BCUT2D eigenvalue weighted by Crippen LogP contribution is -1.88. The molecule has 1 N–H and O–H groups in total. The first-order valence-electron chi connectivity index (χ1n) is 5.33. The van der Waals surface area contributed by atoms with Crippen molar-refractivity contribution >= 4 is 11.0 Å². The van der Waals surface area contributed by atoms with Crippen LogP contribution in [0, 0.1) is 0 Å². The Kier molecular flexibility index (Phi) is 2.26. The fraction of sp³-hybridized carbons (Fsp3) is 0.0769. The fourth-order valence-electron chi connectivity index (χ4n) is 1.95. The minimum atomic E-state index is 0.836. The van der Waals surface area contributed by atoms with Crippen molar-refractivity contribution in [3.63, 3.8) is 0 Å². The topological polar surface area (TPSA) is 50.8 Å². The maximum atomic E-state index is 5.37. The van der Waals surface area contributed by atoms with Gasteiger partial charge in [-0.3, -0.25) is 0 Å². The Morgan fingerprint density at radius 2 is 1.76 bits per heavy atom. The molecule has 0 saturated heterocycles. The molecule has 0 aliphatic heterocycles. The molecule has 1 heterocycles. The molecule has 0 radical (unpaired) electrons. The van der Waals surface area contributed by atoms with E-state index in [0.717, 1.165) is 27.9 Å². The van der Waals surface area contributed by atoms with E-state index in [2.05, 4.69) is 15.4 Å². The second-order valence-corrected chi connectivity index (χ2v) is 3.70. The Morgan fingerprint density at radius 1 is 0.941 bits per heavy atom. The number of nitrogens with one attached hydrogen (secondary N) is 1. The monoisotopic (exact) mass is 225 g/mol. The van der Waals surface area contributed by atoms with Crippen LogP contribution in [-0.2, 0) is 0 Å². The van der Waals surface area contributed by atoms with Gasteiger partial charge in [0.1, 0.15) is 16.8 Å². The molecule has 0 aliphatic rings. The number of aromatic nitrogens is 3. The average molecular weight is 225 g/mol. The predicted octanol–water partition coefficient (Wildman–Crippen LogP) is 2.63. The van der Waals surface area contributed by atoms with Crippen molar-refractivity contribution in [1.29, 1.82) is 0 Å². The first kappa shape index (κ1) is 9.84. The molecular formula is C13H11N3O. The lowest BCUT2D eigenvalue weighted by molar-refractivity contribution is 0.416. The van der Waals surface area contributed by atoms with E-state index < -0.39 is 0 Å². The first-order chi connectivity index (χ1) is 8.40. The number of hydrogen-bond acceptors (Lipinski definition) is 3. The third kappa shape index (κ3) is 1.54. The summed E-state index contributed by atoms with van der Waals surface area (Å²) in [6.45, 7) is 0. The second-order valence-electron chi connectivity index (χ2n) is 3.70. The van der Waals surface area contributed by atoms with Gasteiger partial charge in [0.05, 0.1) is 7.11 Å². The molecule has 17 heavy (non-hydrogen) atoms. The summed E-state index contributed by atoms with van der Waals surface area (Å²) in [5, 5.41) is 10.9. The maximum Gasteiger partial charge on any atom is 0.126 e. The van der Waals surface area contributed by atoms with Gasteiger partial charge in [0.2, 0.25) is 0 Å². The molecule has 1 aromatic heterocycles. The molecule has 0 bridgehead atoms. The molecule has 0 spiro atoms. The van der Waals surface area contributed by atoms with Gasteiger partial charge in [-0.2, -0.15) is 15.4 Å². The van der Waals surface area contributed by atoms with Crippen LogP contribution in [0.5, 0.6) is 5.75 Å². The van der Waals surface area contributed by atoms with Crippen molar-refractivity contribution in [2.24, 2.45) is 0 Å². The third-order valence-corrected chi connectivity index (χ3v) is 2.74. The van der Waals surface area contributed by atoms with E-state index in [9.17, 15) is 0 Å². The quantitative estimate of drug-likeness (QED) is 0.729. The number of ether oxygens (including phenoxy) is 1. The number of para-hydroxylation sites is 2. The van der Waals surface area contributed by atoms with Crippen LogP contribution in [0.2, 0.25) is 0 Å². The summed E-state index contributed by atoms with van der Waals surface area (Å²) < 4.78 is 5.37. The summed E-state index contributed by atoms with van der Waals surface area (Å²) in [6.07, 6.45) is 0. The zero-order chi connectivity index (χ0) is 11.7. The van der Waals surface area contributed by atoms with Crippen LogP contribution in [0.3, 0.4) is 0 Å². The Bertz CT molecular complexity index is 660. The van der Waals surface area contributed by atoms with Gasteiger partial charge in [-0.25, -0.2) is 0 Å². The SMILES string of the molecule is COc1ccccc1-c1cccc2n[nH]nc12. The van der Waals surface area contributed by atoms with Gasteiger partial charge in [-0.1, -0.05) is 30.3 Å². The van der Waals surface area contributed by atoms with Crippen molar-refractivity contribution in [1.82, 2.24) is 15.4 Å². The summed E-state index contributed by atoms with van der Waals surface area (Å²) in [5.74, 6) is 0.836. The van der Waals surface area contributed by atoms with Crippen LogP contribution in [-0.4, -0.2) is 22.5 Å². The lowest BCUT2D eigenvalue weighted by Gasteiger charge is -2.08.